The first-order valence-corrected chi connectivity index (χ1v) is 8.09. The molecule has 1 N–H and O–H groups in total. The number of nitrogens with zero attached hydrogens (tertiary/aromatic N) is 2. The highest BCUT2D eigenvalue weighted by molar-refractivity contribution is 14.1. The molecule has 1 aromatic carbocycles. The zero-order chi connectivity index (χ0) is 15.2. The van der Waals surface area contributed by atoms with Crippen LogP contribution in [0.5, 0.6) is 11.8 Å². The lowest BCUT2D eigenvalue weighted by molar-refractivity contribution is 0.438. The van der Waals surface area contributed by atoms with Gasteiger partial charge in [-0.25, -0.2) is 4.98 Å². The highest BCUT2D eigenvalue weighted by atomic mass is 127. The van der Waals surface area contributed by atoms with Crippen molar-refractivity contribution in [3.8, 4) is 11.8 Å². The van der Waals surface area contributed by atoms with Gasteiger partial charge in [-0.1, -0.05) is 19.9 Å². The lowest BCUT2D eigenvalue weighted by Crippen LogP contribution is -2.20. The average Bonchev–Trinajstić information content (AvgIpc) is 2.41. The van der Waals surface area contributed by atoms with Crippen molar-refractivity contribution in [2.75, 3.05) is 6.54 Å². The molecule has 0 unspecified atom stereocenters. The number of hydrogen-bond acceptors (Lipinski definition) is 4. The van der Waals surface area contributed by atoms with Crippen molar-refractivity contribution >= 4 is 22.6 Å². The van der Waals surface area contributed by atoms with Gasteiger partial charge in [0.2, 0.25) is 0 Å². The first kappa shape index (κ1) is 16.2. The van der Waals surface area contributed by atoms with E-state index in [1.54, 1.807) is 0 Å². The summed E-state index contributed by atoms with van der Waals surface area (Å²) < 4.78 is 6.81. The SMILES string of the molecule is Cc1nc(Oc2cccc(I)c2)ncc1CNCC(C)C. The van der Waals surface area contributed by atoms with Gasteiger partial charge >= 0.3 is 6.01 Å². The average molecular weight is 397 g/mol. The normalized spacial score (nSPS) is 10.9. The zero-order valence-electron chi connectivity index (χ0n) is 12.6. The summed E-state index contributed by atoms with van der Waals surface area (Å²) >= 11 is 2.25. The molecule has 0 fully saturated rings. The predicted molar refractivity (Wildman–Crippen MR) is 92.5 cm³/mol. The largest absolute Gasteiger partial charge is 0.424 e. The van der Waals surface area contributed by atoms with Crippen LogP contribution in [0.1, 0.15) is 25.1 Å². The molecule has 112 valence electrons. The molecular formula is C16H20IN3O. The molecule has 0 bridgehead atoms. The van der Waals surface area contributed by atoms with E-state index in [0.29, 0.717) is 11.9 Å². The minimum absolute atomic E-state index is 0.391. The molecule has 0 radical (unpaired) electrons. The molecule has 0 spiro atoms. The molecule has 0 saturated carbocycles. The molecule has 0 saturated heterocycles. The van der Waals surface area contributed by atoms with E-state index in [1.807, 2.05) is 37.4 Å². The van der Waals surface area contributed by atoms with E-state index >= 15 is 0 Å². The second-order valence-electron chi connectivity index (χ2n) is 5.35. The maximum Gasteiger partial charge on any atom is 0.322 e. The Kier molecular flexibility index (Phi) is 5.93. The van der Waals surface area contributed by atoms with E-state index in [9.17, 15) is 0 Å². The maximum absolute atomic E-state index is 5.69. The summed E-state index contributed by atoms with van der Waals surface area (Å²) in [4.78, 5) is 8.71. The number of hydrogen-bond donors (Lipinski definition) is 1. The first-order valence-electron chi connectivity index (χ1n) is 7.01. The summed E-state index contributed by atoms with van der Waals surface area (Å²) in [7, 11) is 0. The number of halogens is 1. The van der Waals surface area contributed by atoms with Gasteiger partial charge in [0.25, 0.3) is 0 Å². The van der Waals surface area contributed by atoms with Gasteiger partial charge in [-0.3, -0.25) is 0 Å². The Morgan fingerprint density at radius 3 is 2.81 bits per heavy atom. The van der Waals surface area contributed by atoms with Gasteiger partial charge in [0.15, 0.2) is 0 Å². The number of ether oxygens (including phenoxy) is 1. The van der Waals surface area contributed by atoms with E-state index in [4.69, 9.17) is 4.74 Å². The molecule has 0 amide bonds. The lowest BCUT2D eigenvalue weighted by Gasteiger charge is -2.10. The van der Waals surface area contributed by atoms with Crippen LogP contribution in [-0.2, 0) is 6.54 Å². The quantitative estimate of drug-likeness (QED) is 0.751. The predicted octanol–water partition coefficient (Wildman–Crippen LogP) is 3.93. The molecule has 0 aliphatic heterocycles. The third-order valence-corrected chi connectivity index (χ3v) is 3.60. The van der Waals surface area contributed by atoms with Gasteiger partial charge in [0, 0.05) is 27.6 Å². The third-order valence-electron chi connectivity index (χ3n) is 2.93. The maximum atomic E-state index is 5.69. The number of rotatable bonds is 6. The summed E-state index contributed by atoms with van der Waals surface area (Å²) in [5.41, 5.74) is 2.05. The van der Waals surface area contributed by atoms with Gasteiger partial charge in [-0.15, -0.1) is 0 Å². The molecular weight excluding hydrogens is 377 g/mol. The van der Waals surface area contributed by atoms with E-state index in [2.05, 4.69) is 51.7 Å². The van der Waals surface area contributed by atoms with Crippen LogP contribution < -0.4 is 10.1 Å². The van der Waals surface area contributed by atoms with Crippen molar-refractivity contribution < 1.29 is 4.74 Å². The summed E-state index contributed by atoms with van der Waals surface area (Å²) in [5.74, 6) is 1.39. The molecule has 0 atom stereocenters. The molecule has 0 aliphatic rings. The van der Waals surface area contributed by atoms with E-state index in [0.717, 1.165) is 33.7 Å². The Morgan fingerprint density at radius 1 is 1.33 bits per heavy atom. The van der Waals surface area contributed by atoms with Crippen LogP contribution in [0.3, 0.4) is 0 Å². The van der Waals surface area contributed by atoms with Crippen molar-refractivity contribution in [1.82, 2.24) is 15.3 Å². The minimum Gasteiger partial charge on any atom is -0.424 e. The lowest BCUT2D eigenvalue weighted by atomic mass is 10.2. The van der Waals surface area contributed by atoms with Gasteiger partial charge in [-0.05, 0) is 60.2 Å². The summed E-state index contributed by atoms with van der Waals surface area (Å²) in [6.07, 6.45) is 1.83. The Bertz CT molecular complexity index is 602. The van der Waals surface area contributed by atoms with Crippen LogP contribution >= 0.6 is 22.6 Å². The van der Waals surface area contributed by atoms with Gasteiger partial charge in [-0.2, -0.15) is 4.98 Å². The molecule has 1 aromatic heterocycles. The number of aryl methyl sites for hydroxylation is 1. The summed E-state index contributed by atoms with van der Waals surface area (Å²) in [5, 5.41) is 3.40. The topological polar surface area (TPSA) is 47.0 Å². The second-order valence-corrected chi connectivity index (χ2v) is 6.59. The number of nitrogens with one attached hydrogen (secondary N) is 1. The third kappa shape index (κ3) is 5.24. The summed E-state index contributed by atoms with van der Waals surface area (Å²) in [6, 6.07) is 8.22. The van der Waals surface area contributed by atoms with Gasteiger partial charge < -0.3 is 10.1 Å². The van der Waals surface area contributed by atoms with Crippen molar-refractivity contribution in [3.63, 3.8) is 0 Å². The summed E-state index contributed by atoms with van der Waals surface area (Å²) in [6.45, 7) is 8.13. The molecule has 0 aliphatic carbocycles. The standard InChI is InChI=1S/C16H20IN3O/c1-11(2)8-18-9-13-10-19-16(20-12(13)3)21-15-6-4-5-14(17)7-15/h4-7,10-11,18H,8-9H2,1-3H3. The molecule has 2 aromatic rings. The van der Waals surface area contributed by atoms with Gasteiger partial charge in [0.05, 0.1) is 0 Å². The smallest absolute Gasteiger partial charge is 0.322 e. The fraction of sp³-hybridized carbons (Fsp3) is 0.375. The molecule has 1 heterocycles. The highest BCUT2D eigenvalue weighted by Gasteiger charge is 2.06. The van der Waals surface area contributed by atoms with E-state index < -0.39 is 0 Å². The number of aromatic nitrogens is 2. The monoisotopic (exact) mass is 397 g/mol. The van der Waals surface area contributed by atoms with Crippen LogP contribution in [0.2, 0.25) is 0 Å². The van der Waals surface area contributed by atoms with E-state index in [1.165, 1.54) is 0 Å². The fourth-order valence-corrected chi connectivity index (χ4v) is 2.34. The number of benzene rings is 1. The molecule has 2 rings (SSSR count). The highest BCUT2D eigenvalue weighted by Crippen LogP contribution is 2.20. The van der Waals surface area contributed by atoms with E-state index in [-0.39, 0.29) is 0 Å². The Labute approximate surface area is 139 Å². The Hall–Kier alpha value is -1.21. The second kappa shape index (κ2) is 7.70. The van der Waals surface area contributed by atoms with Crippen LogP contribution in [-0.4, -0.2) is 16.5 Å². The molecule has 21 heavy (non-hydrogen) atoms. The molecule has 5 heteroatoms. The van der Waals surface area contributed by atoms with Crippen molar-refractivity contribution in [3.05, 3.63) is 45.3 Å². The zero-order valence-corrected chi connectivity index (χ0v) is 14.7. The Morgan fingerprint density at radius 2 is 2.14 bits per heavy atom. The van der Waals surface area contributed by atoms with Crippen molar-refractivity contribution in [1.29, 1.82) is 0 Å². The van der Waals surface area contributed by atoms with Crippen LogP contribution in [0.15, 0.2) is 30.5 Å². The Balaban J connectivity index is 2.01. The van der Waals surface area contributed by atoms with Crippen LogP contribution in [0.4, 0.5) is 0 Å². The first-order chi connectivity index (χ1) is 10.0. The minimum atomic E-state index is 0.391. The van der Waals surface area contributed by atoms with Crippen molar-refractivity contribution in [2.45, 2.75) is 27.3 Å². The molecule has 4 nitrogen and oxygen atoms in total. The van der Waals surface area contributed by atoms with Crippen LogP contribution in [0.25, 0.3) is 0 Å². The van der Waals surface area contributed by atoms with Crippen LogP contribution in [0, 0.1) is 16.4 Å². The van der Waals surface area contributed by atoms with Crippen molar-refractivity contribution in [2.24, 2.45) is 5.92 Å². The van der Waals surface area contributed by atoms with Gasteiger partial charge in [0.1, 0.15) is 5.75 Å². The fourth-order valence-electron chi connectivity index (χ4n) is 1.82.